The Kier molecular flexibility index (Phi) is 7.03. The number of urea groups is 1. The second-order valence-corrected chi connectivity index (χ2v) is 4.59. The number of ether oxygens (including phenoxy) is 2. The van der Waals surface area contributed by atoms with E-state index < -0.39 is 11.9 Å². The maximum Gasteiger partial charge on any atom is 0.318 e. The van der Waals surface area contributed by atoms with E-state index in [0.717, 1.165) is 0 Å². The number of hydrogen-bond acceptors (Lipinski definition) is 4. The number of carboxylic acid groups (broad SMARTS) is 1. The third-order valence-electron chi connectivity index (χ3n) is 3.13. The third kappa shape index (κ3) is 5.18. The Labute approximate surface area is 118 Å². The SMILES string of the molecule is COCCN(CCOC)C(=O)NC1C=CC(C(=O)O)C1. The van der Waals surface area contributed by atoms with Gasteiger partial charge in [0.25, 0.3) is 0 Å². The van der Waals surface area contributed by atoms with E-state index in [9.17, 15) is 9.59 Å². The molecule has 2 unspecified atom stereocenters. The number of hydrogen-bond donors (Lipinski definition) is 2. The fourth-order valence-corrected chi connectivity index (χ4v) is 1.96. The van der Waals surface area contributed by atoms with Gasteiger partial charge in [0.15, 0.2) is 0 Å². The summed E-state index contributed by atoms with van der Waals surface area (Å²) < 4.78 is 9.93. The van der Waals surface area contributed by atoms with Gasteiger partial charge in [-0.1, -0.05) is 12.2 Å². The van der Waals surface area contributed by atoms with Crippen LogP contribution in [0.15, 0.2) is 12.2 Å². The molecule has 0 aliphatic heterocycles. The lowest BCUT2D eigenvalue weighted by molar-refractivity contribution is -0.140. The van der Waals surface area contributed by atoms with E-state index >= 15 is 0 Å². The summed E-state index contributed by atoms with van der Waals surface area (Å²) in [5.74, 6) is -1.39. The second-order valence-electron chi connectivity index (χ2n) is 4.59. The zero-order valence-electron chi connectivity index (χ0n) is 11.9. The Bertz CT molecular complexity index is 351. The summed E-state index contributed by atoms with van der Waals surface area (Å²) in [6.45, 7) is 1.81. The van der Waals surface area contributed by atoms with Crippen LogP contribution in [0.25, 0.3) is 0 Å². The predicted molar refractivity (Wildman–Crippen MR) is 72.5 cm³/mol. The number of carboxylic acids is 1. The minimum atomic E-state index is -0.867. The molecule has 0 aromatic carbocycles. The molecule has 2 atom stereocenters. The summed E-state index contributed by atoms with van der Waals surface area (Å²) >= 11 is 0. The van der Waals surface area contributed by atoms with Crippen LogP contribution in [0.2, 0.25) is 0 Å². The minimum absolute atomic E-state index is 0.236. The van der Waals surface area contributed by atoms with Gasteiger partial charge in [-0.15, -0.1) is 0 Å². The summed E-state index contributed by atoms with van der Waals surface area (Å²) in [7, 11) is 3.15. The van der Waals surface area contributed by atoms with Crippen molar-refractivity contribution in [2.45, 2.75) is 12.5 Å². The molecule has 1 rings (SSSR count). The summed E-state index contributed by atoms with van der Waals surface area (Å²) in [5, 5.41) is 11.7. The highest BCUT2D eigenvalue weighted by Crippen LogP contribution is 2.18. The molecule has 114 valence electrons. The Hall–Kier alpha value is -1.60. The van der Waals surface area contributed by atoms with Crippen molar-refractivity contribution >= 4 is 12.0 Å². The van der Waals surface area contributed by atoms with E-state index in [-0.39, 0.29) is 12.1 Å². The number of aliphatic carboxylic acids is 1. The average molecular weight is 286 g/mol. The molecule has 2 amide bonds. The Balaban J connectivity index is 2.45. The van der Waals surface area contributed by atoms with Crippen LogP contribution in [0.4, 0.5) is 4.79 Å². The van der Waals surface area contributed by atoms with Gasteiger partial charge in [-0.2, -0.15) is 0 Å². The number of methoxy groups -OCH3 is 2. The largest absolute Gasteiger partial charge is 0.481 e. The van der Waals surface area contributed by atoms with Gasteiger partial charge in [0.1, 0.15) is 0 Å². The monoisotopic (exact) mass is 286 g/mol. The van der Waals surface area contributed by atoms with Crippen molar-refractivity contribution < 1.29 is 24.2 Å². The fourth-order valence-electron chi connectivity index (χ4n) is 1.96. The van der Waals surface area contributed by atoms with Gasteiger partial charge in [0.2, 0.25) is 0 Å². The van der Waals surface area contributed by atoms with Crippen LogP contribution in [0.1, 0.15) is 6.42 Å². The highest BCUT2D eigenvalue weighted by Gasteiger charge is 2.26. The first-order valence-electron chi connectivity index (χ1n) is 6.53. The molecule has 0 fully saturated rings. The highest BCUT2D eigenvalue weighted by atomic mass is 16.5. The molecule has 2 N–H and O–H groups in total. The quantitative estimate of drug-likeness (QED) is 0.627. The van der Waals surface area contributed by atoms with Gasteiger partial charge < -0.3 is 24.8 Å². The number of carbonyl (C=O) groups excluding carboxylic acids is 1. The van der Waals surface area contributed by atoms with Gasteiger partial charge in [-0.3, -0.25) is 4.79 Å². The van der Waals surface area contributed by atoms with Crippen LogP contribution in [0, 0.1) is 5.92 Å². The molecule has 0 saturated heterocycles. The van der Waals surface area contributed by atoms with Gasteiger partial charge in [0, 0.05) is 27.3 Å². The Morgan fingerprint density at radius 1 is 1.25 bits per heavy atom. The molecular formula is C13H22N2O5. The first-order valence-corrected chi connectivity index (χ1v) is 6.53. The normalized spacial score (nSPS) is 20.9. The summed E-state index contributed by atoms with van der Waals surface area (Å²) in [6.07, 6.45) is 3.73. The number of carbonyl (C=O) groups is 2. The Morgan fingerprint density at radius 2 is 1.85 bits per heavy atom. The molecule has 20 heavy (non-hydrogen) atoms. The Morgan fingerprint density at radius 3 is 2.30 bits per heavy atom. The predicted octanol–water partition coefficient (Wildman–Crippen LogP) is 0.320. The molecular weight excluding hydrogens is 264 g/mol. The summed E-state index contributed by atoms with van der Waals surface area (Å²) in [6, 6.07) is -0.476. The van der Waals surface area contributed by atoms with Crippen LogP contribution >= 0.6 is 0 Å². The lowest BCUT2D eigenvalue weighted by Crippen LogP contribution is -2.46. The van der Waals surface area contributed by atoms with E-state index in [2.05, 4.69) is 5.32 Å². The number of amides is 2. The van der Waals surface area contributed by atoms with Crippen molar-refractivity contribution in [2.75, 3.05) is 40.5 Å². The standard InChI is InChI=1S/C13H22N2O5/c1-19-7-5-15(6-8-20-2)13(18)14-11-4-3-10(9-11)12(16)17/h3-4,10-11H,5-9H2,1-2H3,(H,14,18)(H,16,17). The molecule has 1 aliphatic carbocycles. The van der Waals surface area contributed by atoms with Crippen LogP contribution in [-0.2, 0) is 14.3 Å². The molecule has 0 bridgehead atoms. The third-order valence-corrected chi connectivity index (χ3v) is 3.13. The molecule has 7 heteroatoms. The topological polar surface area (TPSA) is 88.1 Å². The van der Waals surface area contributed by atoms with Crippen molar-refractivity contribution in [1.82, 2.24) is 10.2 Å². The molecule has 0 aromatic rings. The molecule has 1 aliphatic rings. The van der Waals surface area contributed by atoms with Crippen molar-refractivity contribution in [3.63, 3.8) is 0 Å². The van der Waals surface area contributed by atoms with Gasteiger partial charge in [-0.05, 0) is 6.42 Å². The number of nitrogens with zero attached hydrogens (tertiary/aromatic N) is 1. The molecule has 0 spiro atoms. The van der Waals surface area contributed by atoms with Crippen LogP contribution in [-0.4, -0.2) is 68.6 Å². The lowest BCUT2D eigenvalue weighted by Gasteiger charge is -2.24. The summed E-state index contributed by atoms with van der Waals surface area (Å²) in [5.41, 5.74) is 0. The van der Waals surface area contributed by atoms with Crippen LogP contribution in [0.5, 0.6) is 0 Å². The molecule has 0 radical (unpaired) electrons. The second kappa shape index (κ2) is 8.55. The fraction of sp³-hybridized carbons (Fsp3) is 0.692. The molecule has 0 aromatic heterocycles. The molecule has 0 heterocycles. The van der Waals surface area contributed by atoms with E-state index in [4.69, 9.17) is 14.6 Å². The van der Waals surface area contributed by atoms with E-state index in [1.54, 1.807) is 31.3 Å². The van der Waals surface area contributed by atoms with Crippen molar-refractivity contribution in [3.05, 3.63) is 12.2 Å². The average Bonchev–Trinajstić information content (AvgIpc) is 2.87. The lowest BCUT2D eigenvalue weighted by atomic mass is 10.1. The molecule has 0 saturated carbocycles. The van der Waals surface area contributed by atoms with Crippen molar-refractivity contribution in [3.8, 4) is 0 Å². The number of nitrogens with one attached hydrogen (secondary N) is 1. The van der Waals surface area contributed by atoms with E-state index in [1.807, 2.05) is 0 Å². The van der Waals surface area contributed by atoms with Crippen molar-refractivity contribution in [1.29, 1.82) is 0 Å². The first-order chi connectivity index (χ1) is 9.58. The maximum atomic E-state index is 12.1. The van der Waals surface area contributed by atoms with Crippen LogP contribution in [0.3, 0.4) is 0 Å². The summed E-state index contributed by atoms with van der Waals surface area (Å²) in [4.78, 5) is 24.5. The zero-order chi connectivity index (χ0) is 15.0. The molecule has 7 nitrogen and oxygen atoms in total. The van der Waals surface area contributed by atoms with Gasteiger partial charge >= 0.3 is 12.0 Å². The first kappa shape index (κ1) is 16.5. The number of rotatable bonds is 8. The maximum absolute atomic E-state index is 12.1. The van der Waals surface area contributed by atoms with Crippen LogP contribution < -0.4 is 5.32 Å². The van der Waals surface area contributed by atoms with E-state index in [1.165, 1.54) is 0 Å². The minimum Gasteiger partial charge on any atom is -0.481 e. The zero-order valence-corrected chi connectivity index (χ0v) is 11.9. The van der Waals surface area contributed by atoms with Crippen molar-refractivity contribution in [2.24, 2.45) is 5.92 Å². The smallest absolute Gasteiger partial charge is 0.318 e. The van der Waals surface area contributed by atoms with E-state index in [0.29, 0.717) is 32.7 Å². The highest BCUT2D eigenvalue weighted by molar-refractivity contribution is 5.76. The van der Waals surface area contributed by atoms with Gasteiger partial charge in [0.05, 0.1) is 25.2 Å². The van der Waals surface area contributed by atoms with Gasteiger partial charge in [-0.25, -0.2) is 4.79 Å².